The largest absolute Gasteiger partial charge is 0.310 e. The monoisotopic (exact) mass is 735 g/mol. The number of rotatable bonds is 8. The number of anilines is 3. The highest BCUT2D eigenvalue weighted by Gasteiger charge is 2.19. The van der Waals surface area contributed by atoms with Gasteiger partial charge in [-0.1, -0.05) is 152 Å². The van der Waals surface area contributed by atoms with E-state index in [2.05, 4.69) is 205 Å². The molecule has 0 aliphatic heterocycles. The van der Waals surface area contributed by atoms with Gasteiger partial charge >= 0.3 is 0 Å². The molecule has 9 aromatic rings. The molecule has 0 amide bonds. The summed E-state index contributed by atoms with van der Waals surface area (Å²) in [6, 6.07) is 64.8. The highest BCUT2D eigenvalue weighted by Crippen LogP contribution is 2.44. The Morgan fingerprint density at radius 3 is 1.71 bits per heavy atom. The molecule has 0 saturated carbocycles. The Morgan fingerprint density at radius 1 is 0.446 bits per heavy atom. The van der Waals surface area contributed by atoms with Gasteiger partial charge in [0.1, 0.15) is 0 Å². The van der Waals surface area contributed by atoms with Crippen LogP contribution in [0.4, 0.5) is 17.1 Å². The highest BCUT2D eigenvalue weighted by atomic mass is 32.1. The molecule has 0 radical (unpaired) electrons. The molecule has 266 valence electrons. The molecule has 56 heavy (non-hydrogen) atoms. The van der Waals surface area contributed by atoms with Crippen molar-refractivity contribution in [2.24, 2.45) is 0 Å². The van der Waals surface area contributed by atoms with Crippen LogP contribution < -0.4 is 4.90 Å². The van der Waals surface area contributed by atoms with Crippen molar-refractivity contribution in [2.75, 3.05) is 4.90 Å². The molecule has 2 aromatic heterocycles. The lowest BCUT2D eigenvalue weighted by Crippen LogP contribution is -2.09. The second kappa shape index (κ2) is 14.7. The van der Waals surface area contributed by atoms with Gasteiger partial charge in [0.15, 0.2) is 5.82 Å². The van der Waals surface area contributed by atoms with Crippen LogP contribution in [0.5, 0.6) is 0 Å². The van der Waals surface area contributed by atoms with Crippen LogP contribution in [0.2, 0.25) is 0 Å². The summed E-state index contributed by atoms with van der Waals surface area (Å²) in [5, 5.41) is 2.45. The predicted octanol–water partition coefficient (Wildman–Crippen LogP) is 14.7. The topological polar surface area (TPSA) is 29.0 Å². The first-order valence-electron chi connectivity index (χ1n) is 19.1. The molecule has 0 atom stereocenters. The van der Waals surface area contributed by atoms with E-state index in [4.69, 9.17) is 9.97 Å². The van der Waals surface area contributed by atoms with Crippen molar-refractivity contribution < 1.29 is 0 Å². The first kappa shape index (κ1) is 33.7. The highest BCUT2D eigenvalue weighted by molar-refractivity contribution is 7.26. The van der Waals surface area contributed by atoms with Crippen molar-refractivity contribution in [3.05, 3.63) is 206 Å². The molecule has 2 heterocycles. The van der Waals surface area contributed by atoms with Crippen LogP contribution in [0.15, 0.2) is 200 Å². The number of para-hydroxylation sites is 1. The van der Waals surface area contributed by atoms with Crippen molar-refractivity contribution >= 4 is 54.1 Å². The molecule has 0 fully saturated rings. The molecule has 1 aliphatic rings. The Bertz CT molecular complexity index is 2880. The number of allylic oxidation sites excluding steroid dienone is 4. The average molecular weight is 736 g/mol. The van der Waals surface area contributed by atoms with Crippen molar-refractivity contribution in [1.82, 2.24) is 9.97 Å². The SMILES string of the molecule is C1=CC(c2cc(-c3cccc4sc5cc(N(c6ccccc6)c6ccc(-c7ccccc7)cc6)ccc5c34)nc(-c3ccc(-c4ccccc4)cc3)n2)=CCC1. The van der Waals surface area contributed by atoms with E-state index in [1.807, 2.05) is 11.3 Å². The number of aromatic nitrogens is 2. The molecule has 0 bridgehead atoms. The van der Waals surface area contributed by atoms with Crippen molar-refractivity contribution in [2.45, 2.75) is 12.8 Å². The molecule has 0 saturated heterocycles. The van der Waals surface area contributed by atoms with Gasteiger partial charge in [-0.05, 0) is 89.2 Å². The van der Waals surface area contributed by atoms with Crippen LogP contribution in [-0.2, 0) is 0 Å². The summed E-state index contributed by atoms with van der Waals surface area (Å²) < 4.78 is 2.47. The van der Waals surface area contributed by atoms with Gasteiger partial charge in [-0.25, -0.2) is 9.97 Å². The molecule has 4 heteroatoms. The normalized spacial score (nSPS) is 12.5. The van der Waals surface area contributed by atoms with Crippen LogP contribution >= 0.6 is 11.3 Å². The van der Waals surface area contributed by atoms with E-state index in [0.29, 0.717) is 0 Å². The van der Waals surface area contributed by atoms with E-state index in [1.165, 1.54) is 42.4 Å². The number of hydrogen-bond acceptors (Lipinski definition) is 4. The molecule has 0 spiro atoms. The molecule has 0 unspecified atom stereocenters. The standard InChI is InChI=1S/C52H37N3S/c1-5-14-36(15-6-1)38-24-26-41(27-25-38)52-53-47(40-18-9-3-10-19-40)35-48(54-52)45-22-13-23-49-51(45)46-33-32-44(34-50(46)56-49)55(42-20-11-4-12-21-42)43-30-28-39(29-31-43)37-16-7-2-8-17-37/h1-2,4-9,11-35H,3,10H2. The molecule has 7 aromatic carbocycles. The summed E-state index contributed by atoms with van der Waals surface area (Å²) in [6.07, 6.45) is 8.80. The summed E-state index contributed by atoms with van der Waals surface area (Å²) >= 11 is 1.83. The van der Waals surface area contributed by atoms with E-state index in [1.54, 1.807) is 0 Å². The first-order valence-corrected chi connectivity index (χ1v) is 20.0. The number of fused-ring (bicyclic) bond motifs is 3. The zero-order chi connectivity index (χ0) is 37.3. The number of hydrogen-bond donors (Lipinski definition) is 0. The van der Waals surface area contributed by atoms with Gasteiger partial charge in [0.2, 0.25) is 0 Å². The smallest absolute Gasteiger partial charge is 0.160 e. The second-order valence-corrected chi connectivity index (χ2v) is 15.2. The van der Waals surface area contributed by atoms with Gasteiger partial charge in [-0.15, -0.1) is 11.3 Å². The second-order valence-electron chi connectivity index (χ2n) is 14.1. The minimum Gasteiger partial charge on any atom is -0.310 e. The van der Waals surface area contributed by atoms with Gasteiger partial charge in [0.05, 0.1) is 11.4 Å². The van der Waals surface area contributed by atoms with Crippen LogP contribution in [0.3, 0.4) is 0 Å². The maximum atomic E-state index is 5.30. The van der Waals surface area contributed by atoms with Gasteiger partial charge in [0, 0.05) is 48.4 Å². The predicted molar refractivity (Wildman–Crippen MR) is 238 cm³/mol. The van der Waals surface area contributed by atoms with Gasteiger partial charge in [-0.2, -0.15) is 0 Å². The lowest BCUT2D eigenvalue weighted by atomic mass is 9.99. The first-order chi connectivity index (χ1) is 27.7. The third-order valence-electron chi connectivity index (χ3n) is 10.5. The summed E-state index contributed by atoms with van der Waals surface area (Å²) in [5.41, 5.74) is 13.3. The fourth-order valence-electron chi connectivity index (χ4n) is 7.73. The van der Waals surface area contributed by atoms with E-state index in [9.17, 15) is 0 Å². The number of benzene rings is 7. The van der Waals surface area contributed by atoms with Crippen LogP contribution in [0, 0.1) is 0 Å². The summed E-state index contributed by atoms with van der Waals surface area (Å²) in [6.45, 7) is 0. The van der Waals surface area contributed by atoms with Gasteiger partial charge in [0.25, 0.3) is 0 Å². The summed E-state index contributed by atoms with van der Waals surface area (Å²) in [4.78, 5) is 12.8. The van der Waals surface area contributed by atoms with Gasteiger partial charge in [-0.3, -0.25) is 0 Å². The van der Waals surface area contributed by atoms with E-state index in [0.717, 1.165) is 63.8 Å². The Balaban J connectivity index is 1.08. The summed E-state index contributed by atoms with van der Waals surface area (Å²) in [5.74, 6) is 0.729. The zero-order valence-corrected chi connectivity index (χ0v) is 31.5. The molecular formula is C52H37N3S. The molecule has 3 nitrogen and oxygen atoms in total. The van der Waals surface area contributed by atoms with Crippen LogP contribution in [-0.4, -0.2) is 9.97 Å². The zero-order valence-electron chi connectivity index (χ0n) is 30.7. The maximum absolute atomic E-state index is 5.30. The average Bonchev–Trinajstić information content (AvgIpc) is 3.66. The van der Waals surface area contributed by atoms with Crippen LogP contribution in [0.25, 0.3) is 70.6 Å². The minimum atomic E-state index is 0.729. The van der Waals surface area contributed by atoms with E-state index in [-0.39, 0.29) is 0 Å². The fraction of sp³-hybridized carbons (Fsp3) is 0.0385. The molecule has 10 rings (SSSR count). The fourth-order valence-corrected chi connectivity index (χ4v) is 8.90. The summed E-state index contributed by atoms with van der Waals surface area (Å²) in [7, 11) is 0. The molecule has 0 N–H and O–H groups in total. The third kappa shape index (κ3) is 6.51. The lowest BCUT2D eigenvalue weighted by Gasteiger charge is -2.25. The number of thiophene rings is 1. The minimum absolute atomic E-state index is 0.729. The lowest BCUT2D eigenvalue weighted by molar-refractivity contribution is 1.03. The molecular weight excluding hydrogens is 699 g/mol. The van der Waals surface area contributed by atoms with Crippen molar-refractivity contribution in [1.29, 1.82) is 0 Å². The van der Waals surface area contributed by atoms with Gasteiger partial charge < -0.3 is 4.90 Å². The Morgan fingerprint density at radius 2 is 1.04 bits per heavy atom. The quantitative estimate of drug-likeness (QED) is 0.156. The number of nitrogens with zero attached hydrogens (tertiary/aromatic N) is 3. The van der Waals surface area contributed by atoms with Crippen molar-refractivity contribution in [3.63, 3.8) is 0 Å². The van der Waals surface area contributed by atoms with Crippen molar-refractivity contribution in [3.8, 4) is 44.9 Å². The maximum Gasteiger partial charge on any atom is 0.160 e. The Kier molecular flexibility index (Phi) is 8.87. The van der Waals surface area contributed by atoms with Crippen LogP contribution in [0.1, 0.15) is 18.5 Å². The van der Waals surface area contributed by atoms with E-state index >= 15 is 0 Å². The Labute approximate surface area is 331 Å². The molecule has 1 aliphatic carbocycles. The third-order valence-corrected chi connectivity index (χ3v) is 11.6. The van der Waals surface area contributed by atoms with E-state index < -0.39 is 0 Å². The Hall–Kier alpha value is -6.88.